The third kappa shape index (κ3) is 5.60. The lowest BCUT2D eigenvalue weighted by molar-refractivity contribution is 0.308. The first-order chi connectivity index (χ1) is 10.3. The smallest absolute Gasteiger partial charge is 0.119 e. The van der Waals surface area contributed by atoms with Crippen molar-refractivity contribution in [3.05, 3.63) is 65.2 Å². The van der Waals surface area contributed by atoms with Gasteiger partial charge < -0.3 is 10.1 Å². The fraction of sp³-hybridized carbons (Fsp3) is 0.368. The Balaban J connectivity index is 1.58. The van der Waals surface area contributed by atoms with Gasteiger partial charge in [0.25, 0.3) is 0 Å². The summed E-state index contributed by atoms with van der Waals surface area (Å²) in [7, 11) is 0. The summed E-state index contributed by atoms with van der Waals surface area (Å²) in [5.74, 6) is 0.964. The Morgan fingerprint density at radius 1 is 0.905 bits per heavy atom. The Labute approximate surface area is 128 Å². The molecule has 0 unspecified atom stereocenters. The van der Waals surface area contributed by atoms with Crippen LogP contribution >= 0.6 is 0 Å². The lowest BCUT2D eigenvalue weighted by Crippen LogP contribution is -2.17. The predicted molar refractivity (Wildman–Crippen MR) is 88.8 cm³/mol. The second-order valence-corrected chi connectivity index (χ2v) is 5.36. The van der Waals surface area contributed by atoms with Crippen molar-refractivity contribution in [3.8, 4) is 5.75 Å². The molecule has 2 aromatic carbocycles. The molecule has 21 heavy (non-hydrogen) atoms. The molecule has 0 fully saturated rings. The average molecular weight is 283 g/mol. The quantitative estimate of drug-likeness (QED) is 0.736. The van der Waals surface area contributed by atoms with Crippen molar-refractivity contribution in [2.45, 2.75) is 33.2 Å². The maximum absolute atomic E-state index is 5.73. The molecule has 2 nitrogen and oxygen atoms in total. The molecule has 1 N–H and O–H groups in total. The molecular formula is C19H25NO. The van der Waals surface area contributed by atoms with Gasteiger partial charge in [-0.2, -0.15) is 0 Å². The van der Waals surface area contributed by atoms with E-state index in [0.29, 0.717) is 0 Å². The first kappa shape index (κ1) is 15.6. The highest BCUT2D eigenvalue weighted by atomic mass is 16.5. The van der Waals surface area contributed by atoms with E-state index in [2.05, 4.69) is 67.7 Å². The SMILES string of the molecule is CCc1ccc(OCCCNCc2ccc(C)cc2)cc1. The van der Waals surface area contributed by atoms with Gasteiger partial charge in [0.05, 0.1) is 6.61 Å². The number of benzene rings is 2. The maximum Gasteiger partial charge on any atom is 0.119 e. The van der Waals surface area contributed by atoms with Gasteiger partial charge in [0.2, 0.25) is 0 Å². The molecule has 0 spiro atoms. The van der Waals surface area contributed by atoms with Crippen LogP contribution in [0, 0.1) is 6.92 Å². The van der Waals surface area contributed by atoms with E-state index in [-0.39, 0.29) is 0 Å². The second-order valence-electron chi connectivity index (χ2n) is 5.36. The Bertz CT molecular complexity index is 516. The lowest BCUT2D eigenvalue weighted by Gasteiger charge is -2.08. The molecule has 0 amide bonds. The van der Waals surface area contributed by atoms with Gasteiger partial charge in [-0.25, -0.2) is 0 Å². The van der Waals surface area contributed by atoms with Gasteiger partial charge in [-0.05, 0) is 49.6 Å². The van der Waals surface area contributed by atoms with E-state index in [9.17, 15) is 0 Å². The van der Waals surface area contributed by atoms with Crippen LogP contribution in [0.2, 0.25) is 0 Å². The minimum atomic E-state index is 0.756. The van der Waals surface area contributed by atoms with Crippen molar-refractivity contribution in [2.75, 3.05) is 13.2 Å². The van der Waals surface area contributed by atoms with Crippen LogP contribution in [0.4, 0.5) is 0 Å². The van der Waals surface area contributed by atoms with Gasteiger partial charge in [0.15, 0.2) is 0 Å². The van der Waals surface area contributed by atoms with Crippen LogP contribution in [0.25, 0.3) is 0 Å². The third-order valence-electron chi connectivity index (χ3n) is 3.55. The monoisotopic (exact) mass is 283 g/mol. The zero-order valence-electron chi connectivity index (χ0n) is 13.1. The van der Waals surface area contributed by atoms with Crippen LogP contribution < -0.4 is 10.1 Å². The summed E-state index contributed by atoms with van der Waals surface area (Å²) in [5, 5.41) is 3.45. The largest absolute Gasteiger partial charge is 0.494 e. The molecular weight excluding hydrogens is 258 g/mol. The number of rotatable bonds is 8. The summed E-state index contributed by atoms with van der Waals surface area (Å²) < 4.78 is 5.73. The molecule has 0 aliphatic heterocycles. The summed E-state index contributed by atoms with van der Waals surface area (Å²) in [4.78, 5) is 0. The second kappa shape index (κ2) is 8.48. The molecule has 0 saturated carbocycles. The topological polar surface area (TPSA) is 21.3 Å². The van der Waals surface area contributed by atoms with Crippen molar-refractivity contribution in [2.24, 2.45) is 0 Å². The number of hydrogen-bond acceptors (Lipinski definition) is 2. The molecule has 2 rings (SSSR count). The standard InChI is InChI=1S/C19H25NO/c1-3-17-9-11-19(12-10-17)21-14-4-13-20-15-18-7-5-16(2)6-8-18/h5-12,20H,3-4,13-15H2,1-2H3. The van der Waals surface area contributed by atoms with Gasteiger partial charge in [-0.1, -0.05) is 48.9 Å². The van der Waals surface area contributed by atoms with Crippen LogP contribution in [0.3, 0.4) is 0 Å². The summed E-state index contributed by atoms with van der Waals surface area (Å²) in [6, 6.07) is 17.0. The van der Waals surface area contributed by atoms with Crippen LogP contribution in [0.15, 0.2) is 48.5 Å². The molecule has 0 aliphatic rings. The van der Waals surface area contributed by atoms with Crippen molar-refractivity contribution in [3.63, 3.8) is 0 Å². The molecule has 0 atom stereocenters. The van der Waals surface area contributed by atoms with Crippen molar-refractivity contribution >= 4 is 0 Å². The summed E-state index contributed by atoms with van der Waals surface area (Å²) in [5.41, 5.74) is 3.99. The molecule has 0 saturated heterocycles. The van der Waals surface area contributed by atoms with Crippen LogP contribution in [-0.4, -0.2) is 13.2 Å². The molecule has 0 bridgehead atoms. The van der Waals surface area contributed by atoms with E-state index in [4.69, 9.17) is 4.74 Å². The van der Waals surface area contributed by atoms with E-state index < -0.39 is 0 Å². The summed E-state index contributed by atoms with van der Waals surface area (Å²) in [6.07, 6.45) is 2.09. The van der Waals surface area contributed by atoms with E-state index >= 15 is 0 Å². The fourth-order valence-corrected chi connectivity index (χ4v) is 2.15. The molecule has 0 aliphatic carbocycles. The van der Waals surface area contributed by atoms with Gasteiger partial charge in [0, 0.05) is 6.54 Å². The highest BCUT2D eigenvalue weighted by molar-refractivity contribution is 5.27. The van der Waals surface area contributed by atoms with Crippen LogP contribution in [0.1, 0.15) is 30.0 Å². The number of aryl methyl sites for hydroxylation is 2. The van der Waals surface area contributed by atoms with Gasteiger partial charge in [-0.15, -0.1) is 0 Å². The van der Waals surface area contributed by atoms with E-state index in [1.807, 2.05) is 0 Å². The van der Waals surface area contributed by atoms with Gasteiger partial charge in [-0.3, -0.25) is 0 Å². The number of ether oxygens (including phenoxy) is 1. The average Bonchev–Trinajstić information content (AvgIpc) is 2.53. The normalized spacial score (nSPS) is 10.6. The Morgan fingerprint density at radius 2 is 1.57 bits per heavy atom. The Hall–Kier alpha value is -1.80. The molecule has 112 valence electrons. The maximum atomic E-state index is 5.73. The fourth-order valence-electron chi connectivity index (χ4n) is 2.15. The van der Waals surface area contributed by atoms with E-state index in [0.717, 1.165) is 38.3 Å². The Morgan fingerprint density at radius 3 is 2.24 bits per heavy atom. The van der Waals surface area contributed by atoms with Crippen molar-refractivity contribution in [1.29, 1.82) is 0 Å². The minimum absolute atomic E-state index is 0.756. The predicted octanol–water partition coefficient (Wildman–Crippen LogP) is 4.12. The molecule has 0 heterocycles. The first-order valence-corrected chi connectivity index (χ1v) is 7.76. The van der Waals surface area contributed by atoms with E-state index in [1.54, 1.807) is 0 Å². The zero-order chi connectivity index (χ0) is 14.9. The highest BCUT2D eigenvalue weighted by Gasteiger charge is 1.95. The molecule has 0 aromatic heterocycles. The molecule has 2 aromatic rings. The van der Waals surface area contributed by atoms with Gasteiger partial charge in [0.1, 0.15) is 5.75 Å². The van der Waals surface area contributed by atoms with Crippen LogP contribution in [-0.2, 0) is 13.0 Å². The number of nitrogens with one attached hydrogen (secondary N) is 1. The zero-order valence-corrected chi connectivity index (χ0v) is 13.1. The summed E-state index contributed by atoms with van der Waals surface area (Å²) in [6.45, 7) is 6.93. The summed E-state index contributed by atoms with van der Waals surface area (Å²) >= 11 is 0. The number of hydrogen-bond donors (Lipinski definition) is 1. The van der Waals surface area contributed by atoms with Crippen LogP contribution in [0.5, 0.6) is 5.75 Å². The lowest BCUT2D eigenvalue weighted by atomic mass is 10.1. The first-order valence-electron chi connectivity index (χ1n) is 7.76. The minimum Gasteiger partial charge on any atom is -0.494 e. The molecule has 0 radical (unpaired) electrons. The van der Waals surface area contributed by atoms with E-state index in [1.165, 1.54) is 16.7 Å². The Kier molecular flexibility index (Phi) is 6.29. The van der Waals surface area contributed by atoms with Gasteiger partial charge >= 0.3 is 0 Å². The van der Waals surface area contributed by atoms with Crippen molar-refractivity contribution < 1.29 is 4.74 Å². The molecule has 2 heteroatoms. The third-order valence-corrected chi connectivity index (χ3v) is 3.55. The van der Waals surface area contributed by atoms with Crippen molar-refractivity contribution in [1.82, 2.24) is 5.32 Å². The highest BCUT2D eigenvalue weighted by Crippen LogP contribution is 2.12.